The van der Waals surface area contributed by atoms with Crippen LogP contribution in [0.2, 0.25) is 0 Å². The number of benzene rings is 1. The quantitative estimate of drug-likeness (QED) is 0.303. The molecule has 11 heteroatoms. The molecule has 37 heavy (non-hydrogen) atoms. The van der Waals surface area contributed by atoms with Crippen LogP contribution in [0.5, 0.6) is 11.5 Å². The van der Waals surface area contributed by atoms with Gasteiger partial charge in [0, 0.05) is 66.6 Å². The van der Waals surface area contributed by atoms with E-state index in [0.717, 1.165) is 17.3 Å². The number of nitrogens with two attached hydrogens (primary N) is 1. The molecule has 4 aromatic rings. The molecule has 3 N–H and O–H groups in total. The van der Waals surface area contributed by atoms with E-state index in [2.05, 4.69) is 9.98 Å². The summed E-state index contributed by atoms with van der Waals surface area (Å²) < 4.78 is 46.9. The van der Waals surface area contributed by atoms with Gasteiger partial charge in [-0.15, -0.1) is 13.2 Å². The number of aromatic amines is 1. The van der Waals surface area contributed by atoms with Crippen molar-refractivity contribution in [3.8, 4) is 22.6 Å². The molecule has 0 atom stereocenters. The first-order chi connectivity index (χ1) is 17.4. The van der Waals surface area contributed by atoms with Gasteiger partial charge in [-0.3, -0.25) is 9.59 Å². The highest BCUT2D eigenvalue weighted by molar-refractivity contribution is 6.11. The number of halogens is 3. The minimum absolute atomic E-state index is 0.0717. The number of ether oxygens (including phenoxy) is 1. The van der Waals surface area contributed by atoms with Gasteiger partial charge in [0.1, 0.15) is 11.3 Å². The van der Waals surface area contributed by atoms with Crippen molar-refractivity contribution in [1.29, 1.82) is 0 Å². The lowest BCUT2D eigenvalue weighted by Crippen LogP contribution is -2.18. The summed E-state index contributed by atoms with van der Waals surface area (Å²) >= 11 is 0. The fourth-order valence-electron chi connectivity index (χ4n) is 4.02. The monoisotopic (exact) mass is 511 g/mol. The summed E-state index contributed by atoms with van der Waals surface area (Å²) in [5.41, 5.74) is 7.65. The van der Waals surface area contributed by atoms with Gasteiger partial charge in [-0.1, -0.05) is 18.2 Å². The molecule has 192 valence electrons. The van der Waals surface area contributed by atoms with Gasteiger partial charge in [-0.2, -0.15) is 4.99 Å². The number of para-hydroxylation sites is 1. The number of nitrogens with one attached hydrogen (secondary N) is 1. The Kier molecular flexibility index (Phi) is 6.55. The van der Waals surface area contributed by atoms with Crippen molar-refractivity contribution in [2.24, 2.45) is 24.8 Å². The summed E-state index contributed by atoms with van der Waals surface area (Å²) in [4.78, 5) is 31.0. The van der Waals surface area contributed by atoms with Crippen LogP contribution in [0.1, 0.15) is 16.8 Å². The van der Waals surface area contributed by atoms with E-state index in [0.29, 0.717) is 34.2 Å². The van der Waals surface area contributed by atoms with Crippen LogP contribution in [0.4, 0.5) is 13.2 Å². The maximum absolute atomic E-state index is 12.9. The molecule has 0 bridgehead atoms. The molecule has 3 heterocycles. The third-order valence-corrected chi connectivity index (χ3v) is 5.91. The molecule has 8 nitrogen and oxygen atoms in total. The number of alkyl halides is 3. The lowest BCUT2D eigenvalue weighted by atomic mass is 10.0. The van der Waals surface area contributed by atoms with Crippen LogP contribution in [0.25, 0.3) is 27.6 Å². The Labute approximate surface area is 209 Å². The highest BCUT2D eigenvalue weighted by Gasteiger charge is 2.25. The topological polar surface area (TPSA) is 107 Å². The van der Waals surface area contributed by atoms with Gasteiger partial charge < -0.3 is 24.6 Å². The van der Waals surface area contributed by atoms with Crippen molar-refractivity contribution in [2.45, 2.75) is 20.1 Å². The van der Waals surface area contributed by atoms with Crippen molar-refractivity contribution in [3.63, 3.8) is 0 Å². The summed E-state index contributed by atoms with van der Waals surface area (Å²) in [7, 11) is 3.12. The fraction of sp³-hybridized carbons (Fsp3) is 0.192. The average Bonchev–Trinajstić information content (AvgIpc) is 3.26. The number of hydrogen-bond acceptors (Lipinski definition) is 5. The van der Waals surface area contributed by atoms with Gasteiger partial charge in [0.2, 0.25) is 0 Å². The SMILES string of the molecule is Cc1cccc(C)c1Oc1cn(C)c(=O)cc1-c1cn(C)c(=O)c2[nH]c(C(C=NC(F)(F)F)=CN)cc12. The third kappa shape index (κ3) is 5.06. The van der Waals surface area contributed by atoms with E-state index < -0.39 is 11.9 Å². The lowest BCUT2D eigenvalue weighted by Gasteiger charge is -2.17. The Balaban J connectivity index is 1.97. The molecule has 3 aromatic heterocycles. The number of aromatic nitrogens is 3. The smallest absolute Gasteiger partial charge is 0.455 e. The number of nitrogens with zero attached hydrogens (tertiary/aromatic N) is 3. The summed E-state index contributed by atoms with van der Waals surface area (Å²) in [6.45, 7) is 3.80. The van der Waals surface area contributed by atoms with Gasteiger partial charge in [0.25, 0.3) is 11.1 Å². The second kappa shape index (κ2) is 9.49. The van der Waals surface area contributed by atoms with Gasteiger partial charge in [-0.05, 0) is 31.0 Å². The summed E-state index contributed by atoms with van der Waals surface area (Å²) in [6.07, 6.45) is -0.161. The van der Waals surface area contributed by atoms with Crippen molar-refractivity contribution >= 4 is 22.7 Å². The van der Waals surface area contributed by atoms with Crippen LogP contribution in [-0.4, -0.2) is 26.6 Å². The number of H-pyrrole nitrogens is 1. The van der Waals surface area contributed by atoms with Crippen LogP contribution in [0, 0.1) is 13.8 Å². The molecule has 0 spiro atoms. The zero-order valence-corrected chi connectivity index (χ0v) is 20.5. The molecular weight excluding hydrogens is 487 g/mol. The molecule has 0 fully saturated rings. The molecular formula is C26H24F3N5O3. The minimum Gasteiger partial charge on any atom is -0.455 e. The number of aliphatic imine (C=N–C) groups is 1. The van der Waals surface area contributed by atoms with E-state index in [1.54, 1.807) is 19.4 Å². The third-order valence-electron chi connectivity index (χ3n) is 5.91. The second-order valence-corrected chi connectivity index (χ2v) is 8.60. The average molecular weight is 512 g/mol. The van der Waals surface area contributed by atoms with Gasteiger partial charge in [0.15, 0.2) is 5.75 Å². The van der Waals surface area contributed by atoms with E-state index in [9.17, 15) is 22.8 Å². The van der Waals surface area contributed by atoms with Crippen molar-refractivity contribution < 1.29 is 17.9 Å². The maximum atomic E-state index is 12.9. The molecule has 0 aliphatic carbocycles. The predicted octanol–water partition coefficient (Wildman–Crippen LogP) is 4.53. The molecule has 4 rings (SSSR count). The number of hydrogen-bond donors (Lipinski definition) is 2. The highest BCUT2D eigenvalue weighted by Crippen LogP contribution is 2.38. The zero-order valence-electron chi connectivity index (χ0n) is 20.5. The zero-order chi connectivity index (χ0) is 27.1. The lowest BCUT2D eigenvalue weighted by molar-refractivity contribution is -0.118. The van der Waals surface area contributed by atoms with Crippen molar-refractivity contribution in [3.05, 3.63) is 86.5 Å². The van der Waals surface area contributed by atoms with E-state index in [1.807, 2.05) is 32.0 Å². The summed E-state index contributed by atoms with van der Waals surface area (Å²) in [5.74, 6) is 0.977. The second-order valence-electron chi connectivity index (χ2n) is 8.60. The Hall–Kier alpha value is -4.54. The van der Waals surface area contributed by atoms with Crippen LogP contribution >= 0.6 is 0 Å². The highest BCUT2D eigenvalue weighted by atomic mass is 19.4. The molecule has 0 saturated heterocycles. The van der Waals surface area contributed by atoms with Gasteiger partial charge >= 0.3 is 6.30 Å². The van der Waals surface area contributed by atoms with Gasteiger partial charge in [0.05, 0.1) is 6.20 Å². The first-order valence-electron chi connectivity index (χ1n) is 11.1. The van der Waals surface area contributed by atoms with E-state index in [4.69, 9.17) is 10.5 Å². The standard InChI is InChI=1S/C26H24F3N5O3/c1-14-6-5-7-15(2)24(14)37-21-13-33(3)22(35)9-17(21)19-12-34(4)25(36)23-18(19)8-20(32-23)16(10-30)11-31-26(27,28)29/h5-13,32H,30H2,1-4H3. The van der Waals surface area contributed by atoms with Crippen molar-refractivity contribution in [2.75, 3.05) is 0 Å². The molecule has 0 aliphatic heterocycles. The number of aryl methyl sites for hydroxylation is 4. The molecule has 1 aromatic carbocycles. The molecule has 0 aliphatic rings. The van der Waals surface area contributed by atoms with Crippen LogP contribution in [0.3, 0.4) is 0 Å². The number of fused-ring (bicyclic) bond motifs is 1. The number of pyridine rings is 2. The van der Waals surface area contributed by atoms with Crippen LogP contribution < -0.4 is 21.6 Å². The van der Waals surface area contributed by atoms with Crippen LogP contribution in [-0.2, 0) is 14.1 Å². The molecule has 0 unspecified atom stereocenters. The van der Waals surface area contributed by atoms with E-state index >= 15 is 0 Å². The molecule has 0 radical (unpaired) electrons. The van der Waals surface area contributed by atoms with E-state index in [-0.39, 0.29) is 22.3 Å². The first-order valence-corrected chi connectivity index (χ1v) is 11.1. The summed E-state index contributed by atoms with van der Waals surface area (Å²) in [5, 5.41) is 0.373. The van der Waals surface area contributed by atoms with E-state index in [1.165, 1.54) is 28.3 Å². The Morgan fingerprint density at radius 2 is 1.73 bits per heavy atom. The summed E-state index contributed by atoms with van der Waals surface area (Å²) in [6, 6.07) is 8.58. The number of rotatable bonds is 5. The van der Waals surface area contributed by atoms with Crippen molar-refractivity contribution in [1.82, 2.24) is 14.1 Å². The minimum atomic E-state index is -4.79. The maximum Gasteiger partial charge on any atom is 0.503 e. The Morgan fingerprint density at radius 1 is 1.05 bits per heavy atom. The van der Waals surface area contributed by atoms with Gasteiger partial charge in [-0.25, -0.2) is 0 Å². The molecule has 0 saturated carbocycles. The predicted molar refractivity (Wildman–Crippen MR) is 137 cm³/mol. The number of allylic oxidation sites excluding steroid dienone is 1. The fourth-order valence-corrected chi connectivity index (χ4v) is 4.02. The Bertz CT molecular complexity index is 1670. The first kappa shape index (κ1) is 25.5. The van der Waals surface area contributed by atoms with Crippen LogP contribution in [0.15, 0.2) is 63.5 Å². The molecule has 0 amide bonds. The normalized spacial score (nSPS) is 12.6. The largest absolute Gasteiger partial charge is 0.503 e. The Morgan fingerprint density at radius 3 is 2.35 bits per heavy atom.